The molecule has 1 aliphatic heterocycles. The van der Waals surface area contributed by atoms with Gasteiger partial charge in [-0.15, -0.1) is 0 Å². The van der Waals surface area contributed by atoms with E-state index in [1.165, 1.54) is 5.56 Å². The number of ether oxygens (including phenoxy) is 1. The van der Waals surface area contributed by atoms with Crippen LogP contribution in [0.1, 0.15) is 32.3 Å². The Morgan fingerprint density at radius 1 is 1.41 bits per heavy atom. The van der Waals surface area contributed by atoms with Crippen molar-refractivity contribution in [2.75, 3.05) is 11.9 Å². The summed E-state index contributed by atoms with van der Waals surface area (Å²) in [7, 11) is 0. The van der Waals surface area contributed by atoms with Gasteiger partial charge in [-0.05, 0) is 45.2 Å². The molecule has 0 bridgehead atoms. The van der Waals surface area contributed by atoms with Crippen LogP contribution in [-0.4, -0.2) is 18.2 Å². The average molecular weight is 254 g/mol. The van der Waals surface area contributed by atoms with Crippen molar-refractivity contribution in [3.8, 4) is 0 Å². The van der Waals surface area contributed by atoms with Crippen molar-refractivity contribution in [2.24, 2.45) is 0 Å². The summed E-state index contributed by atoms with van der Waals surface area (Å²) in [6.45, 7) is 7.17. The van der Waals surface area contributed by atoms with Gasteiger partial charge < -0.3 is 10.1 Å². The Balaban J connectivity index is 2.10. The van der Waals surface area contributed by atoms with Gasteiger partial charge >= 0.3 is 0 Å². The highest BCUT2D eigenvalue weighted by atomic mass is 35.5. The third-order valence-corrected chi connectivity index (χ3v) is 3.58. The molecule has 1 saturated heterocycles. The van der Waals surface area contributed by atoms with Crippen LogP contribution in [0.3, 0.4) is 0 Å². The van der Waals surface area contributed by atoms with Crippen LogP contribution in [0.2, 0.25) is 5.02 Å². The molecule has 1 fully saturated rings. The summed E-state index contributed by atoms with van der Waals surface area (Å²) < 4.78 is 5.72. The van der Waals surface area contributed by atoms with Crippen LogP contribution in [0.4, 0.5) is 5.69 Å². The zero-order valence-electron chi connectivity index (χ0n) is 10.7. The van der Waals surface area contributed by atoms with E-state index in [0.29, 0.717) is 6.04 Å². The summed E-state index contributed by atoms with van der Waals surface area (Å²) in [5, 5.41) is 4.36. The van der Waals surface area contributed by atoms with Crippen molar-refractivity contribution < 1.29 is 4.74 Å². The van der Waals surface area contributed by atoms with Gasteiger partial charge in [-0.2, -0.15) is 0 Å². The van der Waals surface area contributed by atoms with E-state index in [1.807, 2.05) is 12.1 Å². The first kappa shape index (κ1) is 12.7. The predicted molar refractivity (Wildman–Crippen MR) is 72.9 cm³/mol. The van der Waals surface area contributed by atoms with Crippen molar-refractivity contribution in [3.05, 3.63) is 28.8 Å². The Hall–Kier alpha value is -0.730. The van der Waals surface area contributed by atoms with Gasteiger partial charge in [-0.1, -0.05) is 23.7 Å². The van der Waals surface area contributed by atoms with E-state index in [-0.39, 0.29) is 5.60 Å². The van der Waals surface area contributed by atoms with Crippen LogP contribution in [0.15, 0.2) is 18.2 Å². The standard InChI is InChI=1S/C14H20ClNO/c1-10-5-4-6-12(15)13(10)16-11-7-8-17-14(2,3)9-11/h4-6,11,16H,7-9H2,1-3H3. The van der Waals surface area contributed by atoms with Gasteiger partial charge in [-0.3, -0.25) is 0 Å². The molecule has 94 valence electrons. The quantitative estimate of drug-likeness (QED) is 0.860. The molecular formula is C14H20ClNO. The van der Waals surface area contributed by atoms with Crippen molar-refractivity contribution in [1.82, 2.24) is 0 Å². The molecule has 1 N–H and O–H groups in total. The Bertz CT molecular complexity index is 383. The monoisotopic (exact) mass is 253 g/mol. The fourth-order valence-corrected chi connectivity index (χ4v) is 2.65. The van der Waals surface area contributed by atoms with E-state index in [4.69, 9.17) is 16.3 Å². The normalized spacial score (nSPS) is 23.4. The Morgan fingerprint density at radius 3 is 2.82 bits per heavy atom. The van der Waals surface area contributed by atoms with Crippen molar-refractivity contribution in [1.29, 1.82) is 0 Å². The molecule has 0 saturated carbocycles. The lowest BCUT2D eigenvalue weighted by atomic mass is 9.93. The molecule has 0 aromatic heterocycles. The van der Waals surface area contributed by atoms with Gasteiger partial charge in [0, 0.05) is 12.6 Å². The third kappa shape index (κ3) is 3.14. The first-order valence-corrected chi connectivity index (χ1v) is 6.51. The number of halogens is 1. The maximum Gasteiger partial charge on any atom is 0.0646 e. The molecule has 1 unspecified atom stereocenters. The molecule has 1 atom stereocenters. The minimum absolute atomic E-state index is 0.0366. The largest absolute Gasteiger partial charge is 0.381 e. The summed E-state index contributed by atoms with van der Waals surface area (Å²) in [6, 6.07) is 6.44. The summed E-state index contributed by atoms with van der Waals surface area (Å²) in [4.78, 5) is 0. The number of para-hydroxylation sites is 1. The summed E-state index contributed by atoms with van der Waals surface area (Å²) in [6.07, 6.45) is 2.05. The Labute approximate surface area is 108 Å². The van der Waals surface area contributed by atoms with Crippen LogP contribution in [0.25, 0.3) is 0 Å². The fraction of sp³-hybridized carbons (Fsp3) is 0.571. The molecule has 2 nitrogen and oxygen atoms in total. The van der Waals surface area contributed by atoms with Crippen molar-refractivity contribution >= 4 is 17.3 Å². The maximum absolute atomic E-state index is 6.23. The summed E-state index contributed by atoms with van der Waals surface area (Å²) in [5.74, 6) is 0. The number of hydrogen-bond donors (Lipinski definition) is 1. The summed E-state index contributed by atoms with van der Waals surface area (Å²) >= 11 is 6.23. The second kappa shape index (κ2) is 4.87. The van der Waals surface area contributed by atoms with Gasteiger partial charge in [0.25, 0.3) is 0 Å². The molecule has 0 spiro atoms. The number of aryl methyl sites for hydroxylation is 1. The zero-order chi connectivity index (χ0) is 12.5. The number of hydrogen-bond acceptors (Lipinski definition) is 2. The topological polar surface area (TPSA) is 21.3 Å². The highest BCUT2D eigenvalue weighted by Crippen LogP contribution is 2.30. The molecule has 1 heterocycles. The molecule has 0 aliphatic carbocycles. The Morgan fingerprint density at radius 2 is 2.18 bits per heavy atom. The van der Waals surface area contributed by atoms with E-state index in [0.717, 1.165) is 30.2 Å². The van der Waals surface area contributed by atoms with Crippen LogP contribution in [0, 0.1) is 6.92 Å². The van der Waals surface area contributed by atoms with Gasteiger partial charge in [0.15, 0.2) is 0 Å². The lowest BCUT2D eigenvalue weighted by Crippen LogP contribution is -2.40. The first-order valence-electron chi connectivity index (χ1n) is 6.13. The molecule has 17 heavy (non-hydrogen) atoms. The molecule has 1 aliphatic rings. The molecule has 1 aromatic carbocycles. The average Bonchev–Trinajstić information content (AvgIpc) is 2.22. The van der Waals surface area contributed by atoms with Crippen molar-refractivity contribution in [3.63, 3.8) is 0 Å². The first-order chi connectivity index (χ1) is 7.98. The number of rotatable bonds is 2. The van der Waals surface area contributed by atoms with Gasteiger partial charge in [0.05, 0.1) is 16.3 Å². The number of benzene rings is 1. The Kier molecular flexibility index (Phi) is 3.64. The highest BCUT2D eigenvalue weighted by molar-refractivity contribution is 6.33. The van der Waals surface area contributed by atoms with Crippen LogP contribution in [0.5, 0.6) is 0 Å². The van der Waals surface area contributed by atoms with Gasteiger partial charge in [0.1, 0.15) is 0 Å². The van der Waals surface area contributed by atoms with Gasteiger partial charge in [0.2, 0.25) is 0 Å². The van der Waals surface area contributed by atoms with Crippen molar-refractivity contribution in [2.45, 2.75) is 45.3 Å². The number of anilines is 1. The molecule has 2 rings (SSSR count). The van der Waals surface area contributed by atoms with E-state index < -0.39 is 0 Å². The molecule has 3 heteroatoms. The number of nitrogens with one attached hydrogen (secondary N) is 1. The van der Waals surface area contributed by atoms with Crippen LogP contribution >= 0.6 is 11.6 Å². The maximum atomic E-state index is 6.23. The fourth-order valence-electron chi connectivity index (χ4n) is 2.37. The molecule has 1 aromatic rings. The minimum Gasteiger partial charge on any atom is -0.381 e. The van der Waals surface area contributed by atoms with E-state index in [1.54, 1.807) is 0 Å². The lowest BCUT2D eigenvalue weighted by Gasteiger charge is -2.36. The predicted octanol–water partition coefficient (Wildman–Crippen LogP) is 4.02. The SMILES string of the molecule is Cc1cccc(Cl)c1NC1CCOC(C)(C)C1. The van der Waals surface area contributed by atoms with E-state index in [9.17, 15) is 0 Å². The van der Waals surface area contributed by atoms with Crippen LogP contribution in [-0.2, 0) is 4.74 Å². The second-order valence-electron chi connectivity index (χ2n) is 5.37. The van der Waals surface area contributed by atoms with Crippen LogP contribution < -0.4 is 5.32 Å². The van der Waals surface area contributed by atoms with E-state index in [2.05, 4.69) is 32.2 Å². The van der Waals surface area contributed by atoms with Gasteiger partial charge in [-0.25, -0.2) is 0 Å². The highest BCUT2D eigenvalue weighted by Gasteiger charge is 2.29. The molecule has 0 amide bonds. The molecular weight excluding hydrogens is 234 g/mol. The minimum atomic E-state index is -0.0366. The summed E-state index contributed by atoms with van der Waals surface area (Å²) in [5.41, 5.74) is 2.23. The lowest BCUT2D eigenvalue weighted by molar-refractivity contribution is -0.0553. The zero-order valence-corrected chi connectivity index (χ0v) is 11.5. The second-order valence-corrected chi connectivity index (χ2v) is 5.78. The van der Waals surface area contributed by atoms with E-state index >= 15 is 0 Å². The molecule has 0 radical (unpaired) electrons. The third-order valence-electron chi connectivity index (χ3n) is 3.27. The smallest absolute Gasteiger partial charge is 0.0646 e.